The van der Waals surface area contributed by atoms with Crippen LogP contribution in [0.15, 0.2) is 12.1 Å². The first-order valence-corrected chi connectivity index (χ1v) is 7.52. The normalized spacial score (nSPS) is 26.3. The number of hydrogen-bond acceptors (Lipinski definition) is 3. The van der Waals surface area contributed by atoms with E-state index in [0.717, 1.165) is 18.4 Å². The maximum atomic E-state index is 14.3. The number of fused-ring (bicyclic) bond motifs is 1. The fourth-order valence-electron chi connectivity index (χ4n) is 3.33. The molecule has 0 aromatic heterocycles. The van der Waals surface area contributed by atoms with E-state index in [1.54, 1.807) is 6.07 Å². The summed E-state index contributed by atoms with van der Waals surface area (Å²) in [6.45, 7) is 2.62. The Morgan fingerprint density at radius 3 is 3.05 bits per heavy atom. The van der Waals surface area contributed by atoms with Gasteiger partial charge in [0.1, 0.15) is 5.82 Å². The number of benzene rings is 1. The van der Waals surface area contributed by atoms with Crippen molar-refractivity contribution < 1.29 is 19.0 Å². The zero-order chi connectivity index (χ0) is 15.0. The molecule has 3 unspecified atom stereocenters. The monoisotopic (exact) mass is 293 g/mol. The van der Waals surface area contributed by atoms with Gasteiger partial charge in [0.2, 0.25) is 5.91 Å². The van der Waals surface area contributed by atoms with Crippen LogP contribution in [0.2, 0.25) is 0 Å². The van der Waals surface area contributed by atoms with Gasteiger partial charge in [0, 0.05) is 30.2 Å². The number of aliphatic hydroxyl groups is 1. The first-order valence-electron chi connectivity index (χ1n) is 7.52. The number of nitrogens with one attached hydrogen (secondary N) is 1. The molecule has 3 rings (SSSR count). The number of carbonyl (C=O) groups excluding carboxylic acids is 1. The van der Waals surface area contributed by atoms with Gasteiger partial charge in [0.05, 0.1) is 12.2 Å². The fourth-order valence-corrected chi connectivity index (χ4v) is 3.33. The molecule has 2 aliphatic rings. The quantitative estimate of drug-likeness (QED) is 0.900. The molecule has 2 heterocycles. The van der Waals surface area contributed by atoms with Crippen LogP contribution in [0.4, 0.5) is 10.1 Å². The summed E-state index contributed by atoms with van der Waals surface area (Å²) in [4.78, 5) is 11.3. The van der Waals surface area contributed by atoms with E-state index >= 15 is 0 Å². The highest BCUT2D eigenvalue weighted by Gasteiger charge is 2.35. The summed E-state index contributed by atoms with van der Waals surface area (Å²) in [5, 5.41) is 13.2. The van der Waals surface area contributed by atoms with Gasteiger partial charge in [-0.2, -0.15) is 0 Å². The first kappa shape index (κ1) is 14.5. The third kappa shape index (κ3) is 2.68. The molecule has 114 valence electrons. The molecule has 2 aliphatic heterocycles. The summed E-state index contributed by atoms with van der Waals surface area (Å²) in [6.07, 6.45) is 1.66. The van der Waals surface area contributed by atoms with Crippen LogP contribution in [0.25, 0.3) is 0 Å². The lowest BCUT2D eigenvalue weighted by molar-refractivity contribution is -0.116. The van der Waals surface area contributed by atoms with Gasteiger partial charge in [0.25, 0.3) is 0 Å². The molecule has 3 atom stereocenters. The molecule has 0 aliphatic carbocycles. The molecule has 0 saturated carbocycles. The lowest BCUT2D eigenvalue weighted by Gasteiger charge is -2.25. The minimum Gasteiger partial charge on any atom is -0.388 e. The Hall–Kier alpha value is -1.46. The van der Waals surface area contributed by atoms with Crippen molar-refractivity contribution in [2.24, 2.45) is 5.92 Å². The Morgan fingerprint density at radius 1 is 1.48 bits per heavy atom. The molecule has 0 bridgehead atoms. The molecule has 1 aromatic carbocycles. The summed E-state index contributed by atoms with van der Waals surface area (Å²) < 4.78 is 19.9. The van der Waals surface area contributed by atoms with Crippen LogP contribution in [0.5, 0.6) is 0 Å². The van der Waals surface area contributed by atoms with Crippen molar-refractivity contribution in [3.05, 3.63) is 29.1 Å². The summed E-state index contributed by atoms with van der Waals surface area (Å²) in [7, 11) is 0. The zero-order valence-corrected chi connectivity index (χ0v) is 12.1. The smallest absolute Gasteiger partial charge is 0.224 e. The standard InChI is InChI=1S/C16H20FNO3/c1-2-14-10(5-6-21-14)16(20)11-7-9-3-4-15(19)18-13(9)8-12(11)17/h7-8,10,14,16,20H,2-6H2,1H3,(H,18,19). The largest absolute Gasteiger partial charge is 0.388 e. The van der Waals surface area contributed by atoms with Gasteiger partial charge < -0.3 is 15.2 Å². The molecule has 4 nitrogen and oxygen atoms in total. The molecule has 2 N–H and O–H groups in total. The third-order valence-electron chi connectivity index (χ3n) is 4.51. The van der Waals surface area contributed by atoms with Gasteiger partial charge in [-0.3, -0.25) is 4.79 Å². The zero-order valence-electron chi connectivity index (χ0n) is 12.1. The Labute approximate surface area is 123 Å². The van der Waals surface area contributed by atoms with Gasteiger partial charge >= 0.3 is 0 Å². The van der Waals surface area contributed by atoms with Crippen LogP contribution in [0, 0.1) is 11.7 Å². The van der Waals surface area contributed by atoms with E-state index in [1.165, 1.54) is 6.07 Å². The van der Waals surface area contributed by atoms with Crippen molar-refractivity contribution in [2.75, 3.05) is 11.9 Å². The molecule has 5 heteroatoms. The molecule has 0 radical (unpaired) electrons. The molecule has 1 aromatic rings. The highest BCUT2D eigenvalue weighted by molar-refractivity contribution is 5.93. The number of hydrogen-bond donors (Lipinski definition) is 2. The van der Waals surface area contributed by atoms with Crippen LogP contribution in [-0.2, 0) is 16.0 Å². The summed E-state index contributed by atoms with van der Waals surface area (Å²) in [5.74, 6) is -0.628. The molecule has 0 spiro atoms. The Balaban J connectivity index is 1.90. The van der Waals surface area contributed by atoms with E-state index in [4.69, 9.17) is 4.74 Å². The average molecular weight is 293 g/mol. The van der Waals surface area contributed by atoms with E-state index in [-0.39, 0.29) is 17.9 Å². The van der Waals surface area contributed by atoms with Crippen molar-refractivity contribution in [1.82, 2.24) is 0 Å². The van der Waals surface area contributed by atoms with Gasteiger partial charge in [-0.15, -0.1) is 0 Å². The third-order valence-corrected chi connectivity index (χ3v) is 4.51. The number of halogens is 1. The van der Waals surface area contributed by atoms with E-state index in [9.17, 15) is 14.3 Å². The van der Waals surface area contributed by atoms with Crippen LogP contribution < -0.4 is 5.32 Å². The van der Waals surface area contributed by atoms with Crippen LogP contribution in [0.3, 0.4) is 0 Å². The van der Waals surface area contributed by atoms with E-state index in [1.807, 2.05) is 6.92 Å². The molecular formula is C16H20FNO3. The lowest BCUT2D eigenvalue weighted by atomic mass is 9.87. The second kappa shape index (κ2) is 5.73. The maximum Gasteiger partial charge on any atom is 0.224 e. The topological polar surface area (TPSA) is 58.6 Å². The second-order valence-corrected chi connectivity index (χ2v) is 5.79. The number of ether oxygens (including phenoxy) is 1. The number of rotatable bonds is 3. The summed E-state index contributed by atoms with van der Waals surface area (Å²) >= 11 is 0. The van der Waals surface area contributed by atoms with Crippen molar-refractivity contribution in [3.8, 4) is 0 Å². The van der Waals surface area contributed by atoms with Crippen molar-refractivity contribution in [2.45, 2.75) is 44.8 Å². The van der Waals surface area contributed by atoms with E-state index < -0.39 is 11.9 Å². The van der Waals surface area contributed by atoms with Crippen molar-refractivity contribution >= 4 is 11.6 Å². The lowest BCUT2D eigenvalue weighted by Crippen LogP contribution is -2.24. The number of aliphatic hydroxyl groups excluding tert-OH is 1. The molecule has 1 saturated heterocycles. The van der Waals surface area contributed by atoms with Gasteiger partial charge in [-0.25, -0.2) is 4.39 Å². The summed E-state index contributed by atoms with van der Waals surface area (Å²) in [5.41, 5.74) is 1.73. The predicted octanol–water partition coefficient (Wildman–Crippen LogP) is 2.56. The number of amides is 1. The SMILES string of the molecule is CCC1OCCC1C(O)c1cc2c(cc1F)NC(=O)CC2. The first-order chi connectivity index (χ1) is 10.1. The van der Waals surface area contributed by atoms with Gasteiger partial charge in [-0.1, -0.05) is 6.92 Å². The molecule has 1 amide bonds. The molecular weight excluding hydrogens is 273 g/mol. The molecule has 1 fully saturated rings. The van der Waals surface area contributed by atoms with Crippen LogP contribution in [0.1, 0.15) is 43.4 Å². The van der Waals surface area contributed by atoms with E-state index in [2.05, 4.69) is 5.32 Å². The van der Waals surface area contributed by atoms with Crippen LogP contribution >= 0.6 is 0 Å². The minimum absolute atomic E-state index is 0.0184. The number of anilines is 1. The number of aryl methyl sites for hydroxylation is 1. The van der Waals surface area contributed by atoms with Crippen molar-refractivity contribution in [3.63, 3.8) is 0 Å². The van der Waals surface area contributed by atoms with E-state index in [0.29, 0.717) is 30.7 Å². The Kier molecular flexibility index (Phi) is 3.95. The Morgan fingerprint density at radius 2 is 2.29 bits per heavy atom. The van der Waals surface area contributed by atoms with Crippen molar-refractivity contribution in [1.29, 1.82) is 0 Å². The average Bonchev–Trinajstić information content (AvgIpc) is 2.94. The highest BCUT2D eigenvalue weighted by Crippen LogP contribution is 2.37. The van der Waals surface area contributed by atoms with Gasteiger partial charge in [-0.05, 0) is 37.0 Å². The maximum absolute atomic E-state index is 14.3. The minimum atomic E-state index is -0.861. The second-order valence-electron chi connectivity index (χ2n) is 5.79. The van der Waals surface area contributed by atoms with Crippen LogP contribution in [-0.4, -0.2) is 23.7 Å². The fraction of sp³-hybridized carbons (Fsp3) is 0.562. The van der Waals surface area contributed by atoms with Gasteiger partial charge in [0.15, 0.2) is 0 Å². The summed E-state index contributed by atoms with van der Waals surface area (Å²) in [6, 6.07) is 3.02. The Bertz CT molecular complexity index is 561. The predicted molar refractivity (Wildman–Crippen MR) is 76.4 cm³/mol. The highest BCUT2D eigenvalue weighted by atomic mass is 19.1. The molecule has 21 heavy (non-hydrogen) atoms. The number of carbonyl (C=O) groups is 1.